The first kappa shape index (κ1) is 14.0. The zero-order chi connectivity index (χ0) is 15.4. The summed E-state index contributed by atoms with van der Waals surface area (Å²) in [6.45, 7) is 0. The number of halogens is 1. The fourth-order valence-corrected chi connectivity index (χ4v) is 1.71. The zero-order valence-corrected chi connectivity index (χ0v) is 10.6. The maximum Gasteiger partial charge on any atom is 0.259 e. The Morgan fingerprint density at radius 1 is 1.10 bits per heavy atom. The van der Waals surface area contributed by atoms with E-state index >= 15 is 0 Å². The fraction of sp³-hybridized carbons (Fsp3) is 0. The highest BCUT2D eigenvalue weighted by atomic mass is 19.1. The van der Waals surface area contributed by atoms with Gasteiger partial charge < -0.3 is 10.4 Å². The zero-order valence-electron chi connectivity index (χ0n) is 10.6. The van der Waals surface area contributed by atoms with E-state index in [1.54, 1.807) is 0 Å². The van der Waals surface area contributed by atoms with E-state index in [0.29, 0.717) is 5.69 Å². The molecule has 0 fully saturated rings. The van der Waals surface area contributed by atoms with Crippen LogP contribution in [0.15, 0.2) is 36.4 Å². The third kappa shape index (κ3) is 2.96. The number of phenolic OH excluding ortho intramolecular Hbond substituents is 1. The number of nitrogens with one attached hydrogen (secondary N) is 1. The standard InChI is InChI=1S/C15H8FN3O2/c16-11-2-4-13(14(20)6-11)15(21)19-12-3-1-9(7-17)10(5-12)8-18/h1-6,20H,(H,19,21). The first-order valence-electron chi connectivity index (χ1n) is 5.79. The van der Waals surface area contributed by atoms with Crippen molar-refractivity contribution in [2.45, 2.75) is 0 Å². The van der Waals surface area contributed by atoms with Crippen molar-refractivity contribution in [1.82, 2.24) is 0 Å². The molecular weight excluding hydrogens is 273 g/mol. The van der Waals surface area contributed by atoms with Gasteiger partial charge in [-0.1, -0.05) is 0 Å². The summed E-state index contributed by atoms with van der Waals surface area (Å²) >= 11 is 0. The summed E-state index contributed by atoms with van der Waals surface area (Å²) in [4.78, 5) is 12.0. The molecule has 0 aliphatic heterocycles. The summed E-state index contributed by atoms with van der Waals surface area (Å²) in [6.07, 6.45) is 0. The van der Waals surface area contributed by atoms with Gasteiger partial charge in [-0.2, -0.15) is 10.5 Å². The second-order valence-corrected chi connectivity index (χ2v) is 4.10. The monoisotopic (exact) mass is 281 g/mol. The van der Waals surface area contributed by atoms with Crippen LogP contribution in [-0.4, -0.2) is 11.0 Å². The number of hydrogen-bond donors (Lipinski definition) is 2. The van der Waals surface area contributed by atoms with Crippen molar-refractivity contribution in [2.75, 3.05) is 5.32 Å². The number of nitrogens with zero attached hydrogens (tertiary/aromatic N) is 2. The molecule has 2 aromatic rings. The molecule has 0 bridgehead atoms. The van der Waals surface area contributed by atoms with Crippen molar-refractivity contribution in [3.63, 3.8) is 0 Å². The molecule has 0 radical (unpaired) electrons. The van der Waals surface area contributed by atoms with Gasteiger partial charge in [0.25, 0.3) is 5.91 Å². The lowest BCUT2D eigenvalue weighted by molar-refractivity contribution is 0.102. The largest absolute Gasteiger partial charge is 0.507 e. The minimum absolute atomic E-state index is 0.0979. The second kappa shape index (κ2) is 5.72. The molecule has 0 saturated heterocycles. The van der Waals surface area contributed by atoms with Gasteiger partial charge in [0.2, 0.25) is 0 Å². The predicted octanol–water partition coefficient (Wildman–Crippen LogP) is 2.53. The Kier molecular flexibility index (Phi) is 3.83. The number of aromatic hydroxyl groups is 1. The molecule has 2 rings (SSSR count). The Morgan fingerprint density at radius 2 is 1.81 bits per heavy atom. The third-order valence-electron chi connectivity index (χ3n) is 2.72. The quantitative estimate of drug-likeness (QED) is 0.883. The van der Waals surface area contributed by atoms with Gasteiger partial charge in [0, 0.05) is 11.8 Å². The molecule has 2 aromatic carbocycles. The van der Waals surface area contributed by atoms with Gasteiger partial charge in [0.1, 0.15) is 23.7 Å². The van der Waals surface area contributed by atoms with Crippen LogP contribution in [0.1, 0.15) is 21.5 Å². The van der Waals surface area contributed by atoms with Crippen LogP contribution in [0.5, 0.6) is 5.75 Å². The molecule has 0 aliphatic carbocycles. The fourth-order valence-electron chi connectivity index (χ4n) is 1.71. The molecule has 0 spiro atoms. The van der Waals surface area contributed by atoms with E-state index in [9.17, 15) is 14.3 Å². The number of anilines is 1. The highest BCUT2D eigenvalue weighted by Crippen LogP contribution is 2.21. The summed E-state index contributed by atoms with van der Waals surface area (Å²) in [5.74, 6) is -1.79. The van der Waals surface area contributed by atoms with E-state index in [0.717, 1.165) is 18.2 Å². The molecule has 102 valence electrons. The van der Waals surface area contributed by atoms with Gasteiger partial charge >= 0.3 is 0 Å². The lowest BCUT2D eigenvalue weighted by atomic mass is 10.1. The highest BCUT2D eigenvalue weighted by Gasteiger charge is 2.13. The molecule has 21 heavy (non-hydrogen) atoms. The normalized spacial score (nSPS) is 9.48. The highest BCUT2D eigenvalue weighted by molar-refractivity contribution is 6.06. The van der Waals surface area contributed by atoms with E-state index in [1.807, 2.05) is 12.1 Å². The Balaban J connectivity index is 2.28. The predicted molar refractivity (Wildman–Crippen MR) is 71.9 cm³/mol. The van der Waals surface area contributed by atoms with E-state index in [1.165, 1.54) is 18.2 Å². The molecule has 0 atom stereocenters. The van der Waals surface area contributed by atoms with Crippen LogP contribution in [0.4, 0.5) is 10.1 Å². The minimum atomic E-state index is -0.658. The molecule has 2 N–H and O–H groups in total. The van der Waals surface area contributed by atoms with Crippen LogP contribution < -0.4 is 5.32 Å². The van der Waals surface area contributed by atoms with Crippen LogP contribution in [0.3, 0.4) is 0 Å². The van der Waals surface area contributed by atoms with Crippen LogP contribution in [0, 0.1) is 28.5 Å². The minimum Gasteiger partial charge on any atom is -0.507 e. The van der Waals surface area contributed by atoms with Gasteiger partial charge in [-0.3, -0.25) is 4.79 Å². The number of carbonyl (C=O) groups excluding carboxylic acids is 1. The summed E-state index contributed by atoms with van der Waals surface area (Å²) < 4.78 is 12.9. The van der Waals surface area contributed by atoms with Crippen LogP contribution >= 0.6 is 0 Å². The Hall–Kier alpha value is -3.38. The number of amides is 1. The summed E-state index contributed by atoms with van der Waals surface area (Å²) in [6, 6.07) is 10.9. The molecule has 0 saturated carbocycles. The molecular formula is C15H8FN3O2. The summed E-state index contributed by atoms with van der Waals surface area (Å²) in [5, 5.41) is 29.7. The van der Waals surface area contributed by atoms with Crippen molar-refractivity contribution in [1.29, 1.82) is 10.5 Å². The average molecular weight is 281 g/mol. The van der Waals surface area contributed by atoms with Gasteiger partial charge in [-0.15, -0.1) is 0 Å². The summed E-state index contributed by atoms with van der Waals surface area (Å²) in [7, 11) is 0. The van der Waals surface area contributed by atoms with Crippen molar-refractivity contribution < 1.29 is 14.3 Å². The maximum absolute atomic E-state index is 12.9. The maximum atomic E-state index is 12.9. The number of hydrogen-bond acceptors (Lipinski definition) is 4. The van der Waals surface area contributed by atoms with Crippen molar-refractivity contribution in [2.24, 2.45) is 0 Å². The Labute approximate surface area is 119 Å². The van der Waals surface area contributed by atoms with Gasteiger partial charge in [-0.05, 0) is 30.3 Å². The van der Waals surface area contributed by atoms with E-state index in [2.05, 4.69) is 5.32 Å². The van der Waals surface area contributed by atoms with E-state index in [4.69, 9.17) is 10.5 Å². The van der Waals surface area contributed by atoms with Crippen molar-refractivity contribution >= 4 is 11.6 Å². The Morgan fingerprint density at radius 3 is 2.43 bits per heavy atom. The first-order chi connectivity index (χ1) is 10.0. The SMILES string of the molecule is N#Cc1ccc(NC(=O)c2ccc(F)cc2O)cc1C#N. The Bertz CT molecular complexity index is 804. The molecule has 1 amide bonds. The van der Waals surface area contributed by atoms with Crippen molar-refractivity contribution in [3.05, 3.63) is 58.9 Å². The number of phenols is 1. The average Bonchev–Trinajstić information content (AvgIpc) is 2.46. The number of rotatable bonds is 2. The van der Waals surface area contributed by atoms with Crippen LogP contribution in [-0.2, 0) is 0 Å². The topological polar surface area (TPSA) is 96.9 Å². The van der Waals surface area contributed by atoms with Gasteiger partial charge in [0.15, 0.2) is 0 Å². The molecule has 0 unspecified atom stereocenters. The van der Waals surface area contributed by atoms with Gasteiger partial charge in [-0.25, -0.2) is 4.39 Å². The summed E-state index contributed by atoms with van der Waals surface area (Å²) in [5.41, 5.74) is 0.511. The van der Waals surface area contributed by atoms with Crippen molar-refractivity contribution in [3.8, 4) is 17.9 Å². The molecule has 0 heterocycles. The number of benzene rings is 2. The number of nitriles is 2. The second-order valence-electron chi connectivity index (χ2n) is 4.10. The van der Waals surface area contributed by atoms with E-state index < -0.39 is 17.5 Å². The molecule has 6 heteroatoms. The van der Waals surface area contributed by atoms with Crippen LogP contribution in [0.25, 0.3) is 0 Å². The number of carbonyl (C=O) groups is 1. The first-order valence-corrected chi connectivity index (χ1v) is 5.79. The molecule has 5 nitrogen and oxygen atoms in total. The molecule has 0 aromatic heterocycles. The van der Waals surface area contributed by atoms with Crippen LogP contribution in [0.2, 0.25) is 0 Å². The lowest BCUT2D eigenvalue weighted by Crippen LogP contribution is -2.12. The van der Waals surface area contributed by atoms with Gasteiger partial charge in [0.05, 0.1) is 16.7 Å². The smallest absolute Gasteiger partial charge is 0.259 e. The molecule has 0 aliphatic rings. The van der Waals surface area contributed by atoms with E-state index in [-0.39, 0.29) is 16.7 Å². The lowest BCUT2D eigenvalue weighted by Gasteiger charge is -2.07. The third-order valence-corrected chi connectivity index (χ3v) is 2.72.